The van der Waals surface area contributed by atoms with Crippen LogP contribution in [0.4, 0.5) is 34.8 Å². The molecule has 0 radical (unpaired) electrons. The number of anilines is 3. The van der Waals surface area contributed by atoms with Crippen molar-refractivity contribution in [3.05, 3.63) is 65.0 Å². The molecule has 0 bridgehead atoms. The summed E-state index contributed by atoms with van der Waals surface area (Å²) in [7, 11) is 1.79. The van der Waals surface area contributed by atoms with Gasteiger partial charge in [0.15, 0.2) is 5.82 Å². The number of aromatic nitrogens is 3. The van der Waals surface area contributed by atoms with Crippen LogP contribution in [0.1, 0.15) is 36.2 Å². The number of nitriles is 1. The van der Waals surface area contributed by atoms with E-state index in [9.17, 15) is 17.6 Å². The number of alkyl halides is 3. The smallest absolute Gasteiger partial charge is 0.417 e. The van der Waals surface area contributed by atoms with E-state index >= 15 is 0 Å². The molecule has 214 valence electrons. The number of nitrogens with one attached hydrogen (secondary N) is 1. The lowest BCUT2D eigenvalue weighted by molar-refractivity contribution is -0.137. The monoisotopic (exact) mass is 570 g/mol. The fourth-order valence-electron chi connectivity index (χ4n) is 4.48. The lowest BCUT2D eigenvalue weighted by atomic mass is 10.0. The molecule has 0 saturated carbocycles. The lowest BCUT2D eigenvalue weighted by Gasteiger charge is -2.32. The third kappa shape index (κ3) is 5.91. The highest BCUT2D eigenvalue weighted by Gasteiger charge is 2.35. The number of ether oxygens (including phenoxy) is 1. The lowest BCUT2D eigenvalue weighted by Crippen LogP contribution is -2.46. The molecule has 15 heteroatoms. The van der Waals surface area contributed by atoms with E-state index < -0.39 is 28.7 Å². The number of pyridine rings is 1. The molecule has 11 nitrogen and oxygen atoms in total. The molecule has 0 amide bonds. The van der Waals surface area contributed by atoms with E-state index in [-0.39, 0.29) is 19.0 Å². The van der Waals surface area contributed by atoms with E-state index in [4.69, 9.17) is 10.00 Å². The largest absolute Gasteiger partial charge is 0.473 e. The molecule has 2 aromatic heterocycles. The summed E-state index contributed by atoms with van der Waals surface area (Å²) < 4.78 is 60.9. The molecular weight excluding hydrogens is 544 g/mol. The van der Waals surface area contributed by atoms with E-state index in [1.165, 1.54) is 30.7 Å². The minimum Gasteiger partial charge on any atom is -0.473 e. The van der Waals surface area contributed by atoms with E-state index in [0.29, 0.717) is 42.5 Å². The van der Waals surface area contributed by atoms with Gasteiger partial charge in [0.05, 0.1) is 46.9 Å². The van der Waals surface area contributed by atoms with Gasteiger partial charge in [-0.05, 0) is 38.5 Å². The van der Waals surface area contributed by atoms with Gasteiger partial charge in [-0.15, -0.1) is 0 Å². The number of hydrogen-bond donors (Lipinski definition) is 1. The van der Waals surface area contributed by atoms with Crippen LogP contribution in [0, 0.1) is 17.1 Å². The Morgan fingerprint density at radius 3 is 2.61 bits per heavy atom. The van der Waals surface area contributed by atoms with Crippen LogP contribution in [0.5, 0.6) is 5.88 Å². The Bertz CT molecular complexity index is 1520. The Kier molecular flexibility index (Phi) is 7.24. The molecule has 0 spiro atoms. The molecule has 4 heterocycles. The van der Waals surface area contributed by atoms with Gasteiger partial charge in [-0.1, -0.05) is 10.4 Å². The highest BCUT2D eigenvalue weighted by atomic mass is 19.4. The van der Waals surface area contributed by atoms with Gasteiger partial charge >= 0.3 is 6.18 Å². The van der Waals surface area contributed by atoms with Crippen molar-refractivity contribution in [2.75, 3.05) is 37.1 Å². The standard InChI is InChI=1S/C26H26F4N10O/c1-25(2,40-15-38(3)36-37-40)13-41-24-21(27)8-17(11-32-24)35-23-19-6-7-39(12-22(19)33-14-34-23)18-5-4-16(10-31)20(9-18)26(28,29)30/h4-5,8-9,11,14H,6-7,12-13,15H2,1-3H3,(H,33,34,35). The molecule has 0 atom stereocenters. The molecule has 2 aliphatic heterocycles. The normalized spacial score (nSPS) is 15.1. The van der Waals surface area contributed by atoms with Gasteiger partial charge < -0.3 is 15.0 Å². The third-order valence-corrected chi connectivity index (χ3v) is 6.77. The summed E-state index contributed by atoms with van der Waals surface area (Å²) in [4.78, 5) is 14.5. The predicted octanol–water partition coefficient (Wildman–Crippen LogP) is 4.85. The number of hydrogen-bond acceptors (Lipinski definition) is 11. The van der Waals surface area contributed by atoms with Crippen LogP contribution in [-0.2, 0) is 19.1 Å². The maximum Gasteiger partial charge on any atom is 0.417 e. The minimum atomic E-state index is -4.65. The summed E-state index contributed by atoms with van der Waals surface area (Å²) in [6.45, 7) is 5.02. The van der Waals surface area contributed by atoms with Crippen LogP contribution in [0.25, 0.3) is 0 Å². The Morgan fingerprint density at radius 1 is 1.12 bits per heavy atom. The first-order valence-electron chi connectivity index (χ1n) is 12.6. The predicted molar refractivity (Wildman–Crippen MR) is 139 cm³/mol. The number of nitrogens with zero attached hydrogens (tertiary/aromatic N) is 9. The summed E-state index contributed by atoms with van der Waals surface area (Å²) >= 11 is 0. The molecule has 0 fully saturated rings. The second-order valence-electron chi connectivity index (χ2n) is 10.3. The second kappa shape index (κ2) is 10.7. The van der Waals surface area contributed by atoms with E-state index in [2.05, 4.69) is 30.7 Å². The fourth-order valence-corrected chi connectivity index (χ4v) is 4.48. The van der Waals surface area contributed by atoms with Crippen molar-refractivity contribution in [3.63, 3.8) is 0 Å². The van der Waals surface area contributed by atoms with Crippen molar-refractivity contribution < 1.29 is 22.3 Å². The van der Waals surface area contributed by atoms with Crippen LogP contribution in [0.15, 0.2) is 47.2 Å². The second-order valence-corrected chi connectivity index (χ2v) is 10.3. The van der Waals surface area contributed by atoms with Crippen LogP contribution in [0.3, 0.4) is 0 Å². The first-order valence-corrected chi connectivity index (χ1v) is 12.6. The summed E-state index contributed by atoms with van der Waals surface area (Å²) in [5.41, 5.74) is 0.0912. The van der Waals surface area contributed by atoms with E-state index in [0.717, 1.165) is 11.6 Å². The zero-order chi connectivity index (χ0) is 29.4. The van der Waals surface area contributed by atoms with Crippen molar-refractivity contribution in [2.24, 2.45) is 10.4 Å². The molecule has 5 rings (SSSR count). The van der Waals surface area contributed by atoms with Gasteiger partial charge in [0, 0.05) is 30.9 Å². The van der Waals surface area contributed by atoms with Crippen molar-refractivity contribution in [1.29, 1.82) is 5.26 Å². The van der Waals surface area contributed by atoms with E-state index in [1.54, 1.807) is 28.0 Å². The molecule has 1 N–H and O–H groups in total. The van der Waals surface area contributed by atoms with Crippen LogP contribution >= 0.6 is 0 Å². The first-order chi connectivity index (χ1) is 19.4. The summed E-state index contributed by atoms with van der Waals surface area (Å²) in [6.07, 6.45) is -1.46. The number of halogens is 4. The molecule has 0 saturated heterocycles. The topological polar surface area (TPSA) is 118 Å². The Morgan fingerprint density at radius 2 is 1.93 bits per heavy atom. The molecule has 3 aromatic rings. The number of benzene rings is 1. The van der Waals surface area contributed by atoms with Gasteiger partial charge in [-0.2, -0.15) is 18.4 Å². The average Bonchev–Trinajstić information content (AvgIpc) is 3.39. The van der Waals surface area contributed by atoms with Crippen molar-refractivity contribution in [1.82, 2.24) is 25.0 Å². The molecule has 0 unspecified atom stereocenters. The zero-order valence-corrected chi connectivity index (χ0v) is 22.4. The van der Waals surface area contributed by atoms with Gasteiger partial charge in [-0.3, -0.25) is 5.01 Å². The summed E-state index contributed by atoms with van der Waals surface area (Å²) in [5.74, 6) is -0.375. The summed E-state index contributed by atoms with van der Waals surface area (Å²) in [5, 5.41) is 23.6. The van der Waals surface area contributed by atoms with E-state index in [1.807, 2.05) is 13.8 Å². The van der Waals surface area contributed by atoms with Crippen LogP contribution in [0.2, 0.25) is 0 Å². The first kappa shape index (κ1) is 27.8. The van der Waals surface area contributed by atoms with Crippen molar-refractivity contribution >= 4 is 17.2 Å². The molecular formula is C26H26F4N10O. The SMILES string of the molecule is CN1CN(C(C)(C)COc2ncc(Nc3ncnc4c3CCN(c3ccc(C#N)c(C(F)(F)F)c3)C4)cc2F)N=N1. The van der Waals surface area contributed by atoms with Crippen LogP contribution in [-0.4, -0.2) is 57.4 Å². The minimum absolute atomic E-state index is 0.121. The Hall–Kier alpha value is -4.74. The maximum absolute atomic E-state index is 14.9. The van der Waals surface area contributed by atoms with Gasteiger partial charge in [0.2, 0.25) is 0 Å². The Balaban J connectivity index is 1.28. The molecule has 41 heavy (non-hydrogen) atoms. The van der Waals surface area contributed by atoms with Gasteiger partial charge in [0.25, 0.3) is 5.88 Å². The Labute approximate surface area is 233 Å². The van der Waals surface area contributed by atoms with Crippen molar-refractivity contribution in [3.8, 4) is 11.9 Å². The molecule has 2 aliphatic rings. The van der Waals surface area contributed by atoms with Crippen LogP contribution < -0.4 is 15.0 Å². The zero-order valence-electron chi connectivity index (χ0n) is 22.4. The maximum atomic E-state index is 14.9. The molecule has 1 aromatic carbocycles. The summed E-state index contributed by atoms with van der Waals surface area (Å²) in [6, 6.07) is 6.49. The highest BCUT2D eigenvalue weighted by Crippen LogP contribution is 2.36. The molecule has 0 aliphatic carbocycles. The van der Waals surface area contributed by atoms with Gasteiger partial charge in [-0.25, -0.2) is 24.4 Å². The fraction of sp³-hybridized carbons (Fsp3) is 0.385. The number of rotatable bonds is 7. The average molecular weight is 571 g/mol. The highest BCUT2D eigenvalue weighted by molar-refractivity contribution is 5.62. The van der Waals surface area contributed by atoms with Crippen molar-refractivity contribution in [2.45, 2.75) is 38.5 Å². The third-order valence-electron chi connectivity index (χ3n) is 6.77. The van der Waals surface area contributed by atoms with Gasteiger partial charge in [0.1, 0.15) is 25.4 Å². The quantitative estimate of drug-likeness (QED) is 0.398. The number of fused-ring (bicyclic) bond motifs is 1.